The molecule has 0 N–H and O–H groups in total. The number of carbonyl (C=O) groups is 1. The Kier molecular flexibility index (Phi) is 5.31. The number of thiazole rings is 1. The number of hydrogen-bond donors (Lipinski definition) is 0. The summed E-state index contributed by atoms with van der Waals surface area (Å²) in [4.78, 5) is 26.4. The molecule has 2 aromatic rings. The van der Waals surface area contributed by atoms with Crippen molar-refractivity contribution in [3.8, 4) is 0 Å². The Balaban J connectivity index is 1.46. The first-order valence-electron chi connectivity index (χ1n) is 9.59. The molecule has 0 radical (unpaired) electrons. The molecule has 3 fully saturated rings. The summed E-state index contributed by atoms with van der Waals surface area (Å²) in [5.74, 6) is 0.692. The number of aromatic nitrogens is 2. The van der Waals surface area contributed by atoms with Gasteiger partial charge in [0.15, 0.2) is 0 Å². The molecule has 5 heterocycles. The highest BCUT2D eigenvalue weighted by atomic mass is 32.1. The van der Waals surface area contributed by atoms with Gasteiger partial charge in [0.05, 0.1) is 5.01 Å². The van der Waals surface area contributed by atoms with Crippen LogP contribution in [0.3, 0.4) is 0 Å². The summed E-state index contributed by atoms with van der Waals surface area (Å²) in [6.07, 6.45) is 8.07. The van der Waals surface area contributed by atoms with Crippen LogP contribution >= 0.6 is 11.3 Å². The van der Waals surface area contributed by atoms with Crippen molar-refractivity contribution in [3.05, 3.63) is 46.2 Å². The zero-order chi connectivity index (χ0) is 17.9. The quantitative estimate of drug-likeness (QED) is 0.811. The topological polar surface area (TPSA) is 49.3 Å². The van der Waals surface area contributed by atoms with Gasteiger partial charge in [-0.15, -0.1) is 11.3 Å². The van der Waals surface area contributed by atoms with Crippen molar-refractivity contribution < 1.29 is 4.79 Å². The zero-order valence-corrected chi connectivity index (χ0v) is 16.1. The molecule has 3 aliphatic heterocycles. The molecular formula is C20H26N4OS. The molecule has 138 valence electrons. The van der Waals surface area contributed by atoms with Gasteiger partial charge in [-0.3, -0.25) is 14.7 Å². The van der Waals surface area contributed by atoms with Gasteiger partial charge in [-0.1, -0.05) is 6.92 Å². The van der Waals surface area contributed by atoms with Crippen LogP contribution in [0.1, 0.15) is 47.2 Å². The maximum Gasteiger partial charge on any atom is 0.273 e. The molecule has 2 bridgehead atoms. The number of aryl methyl sites for hydroxylation is 1. The smallest absolute Gasteiger partial charge is 0.273 e. The molecule has 0 spiro atoms. The molecule has 2 aromatic heterocycles. The summed E-state index contributed by atoms with van der Waals surface area (Å²) in [5, 5.41) is 3.02. The number of nitrogens with zero attached hydrogens (tertiary/aromatic N) is 4. The van der Waals surface area contributed by atoms with Crippen LogP contribution in [0.4, 0.5) is 0 Å². The molecule has 2 atom stereocenters. The van der Waals surface area contributed by atoms with E-state index in [2.05, 4.69) is 38.8 Å². The second kappa shape index (κ2) is 7.84. The minimum atomic E-state index is 0.129. The first-order valence-corrected chi connectivity index (χ1v) is 10.5. The normalized spacial score (nSPS) is 23.2. The predicted octanol–water partition coefficient (Wildman–Crippen LogP) is 3.23. The molecule has 5 rings (SSSR count). The maximum absolute atomic E-state index is 13.1. The molecule has 0 aromatic carbocycles. The van der Waals surface area contributed by atoms with Crippen LogP contribution in [0.15, 0.2) is 29.9 Å². The van der Waals surface area contributed by atoms with Crippen LogP contribution < -0.4 is 0 Å². The number of carbonyl (C=O) groups excluding carboxylic acids is 1. The van der Waals surface area contributed by atoms with E-state index in [1.54, 1.807) is 11.3 Å². The van der Waals surface area contributed by atoms with Crippen molar-refractivity contribution >= 4 is 17.2 Å². The maximum atomic E-state index is 13.1. The first-order chi connectivity index (χ1) is 12.7. The predicted molar refractivity (Wildman–Crippen MR) is 103 cm³/mol. The summed E-state index contributed by atoms with van der Waals surface area (Å²) in [6.45, 7) is 5.98. The van der Waals surface area contributed by atoms with Gasteiger partial charge in [0.1, 0.15) is 5.69 Å². The van der Waals surface area contributed by atoms with Crippen LogP contribution in [0.25, 0.3) is 0 Å². The average Bonchev–Trinajstić information content (AvgIpc) is 2.95. The number of hydrogen-bond acceptors (Lipinski definition) is 5. The molecule has 0 aliphatic carbocycles. The Morgan fingerprint density at radius 2 is 2.08 bits per heavy atom. The molecule has 6 heteroatoms. The fraction of sp³-hybridized carbons (Fsp3) is 0.550. The Morgan fingerprint density at radius 1 is 1.23 bits per heavy atom. The molecule has 5 nitrogen and oxygen atoms in total. The lowest BCUT2D eigenvalue weighted by atomic mass is 9.95. The highest BCUT2D eigenvalue weighted by Crippen LogP contribution is 2.30. The van der Waals surface area contributed by atoms with Crippen molar-refractivity contribution in [2.45, 2.75) is 45.2 Å². The Morgan fingerprint density at radius 3 is 2.88 bits per heavy atom. The standard InChI is InChI=1S/C20H26N4OS/c1-2-3-19-22-18(14-26-19)20(25)24-12-16-4-5-17(24)13-23(11-16)10-15-6-8-21-9-7-15/h6-9,14,16-17H,2-5,10-13H2,1H3/t16-,17+/m0/s1. The van der Waals surface area contributed by atoms with E-state index in [0.717, 1.165) is 50.4 Å². The van der Waals surface area contributed by atoms with Gasteiger partial charge in [-0.2, -0.15) is 0 Å². The van der Waals surface area contributed by atoms with E-state index in [-0.39, 0.29) is 5.91 Å². The summed E-state index contributed by atoms with van der Waals surface area (Å²) < 4.78 is 0. The molecule has 1 amide bonds. The molecule has 0 saturated carbocycles. The monoisotopic (exact) mass is 370 g/mol. The van der Waals surface area contributed by atoms with Crippen LogP contribution in [0.2, 0.25) is 0 Å². The fourth-order valence-corrected chi connectivity index (χ4v) is 5.06. The zero-order valence-electron chi connectivity index (χ0n) is 15.3. The average molecular weight is 371 g/mol. The second-order valence-electron chi connectivity index (χ2n) is 7.48. The van der Waals surface area contributed by atoms with E-state index >= 15 is 0 Å². The van der Waals surface area contributed by atoms with Crippen LogP contribution in [0, 0.1) is 5.92 Å². The Hall–Kier alpha value is -1.79. The molecule has 3 aliphatic rings. The Bertz CT molecular complexity index is 747. The van der Waals surface area contributed by atoms with Crippen molar-refractivity contribution in [2.75, 3.05) is 19.6 Å². The molecule has 0 unspecified atom stereocenters. The largest absolute Gasteiger partial charge is 0.333 e. The number of amides is 1. The van der Waals surface area contributed by atoms with E-state index in [0.29, 0.717) is 17.7 Å². The third-order valence-corrected chi connectivity index (χ3v) is 6.35. The van der Waals surface area contributed by atoms with Gasteiger partial charge in [-0.25, -0.2) is 4.98 Å². The van der Waals surface area contributed by atoms with Gasteiger partial charge in [0.2, 0.25) is 0 Å². The van der Waals surface area contributed by atoms with Crippen molar-refractivity contribution in [1.29, 1.82) is 0 Å². The summed E-state index contributed by atoms with van der Waals surface area (Å²) >= 11 is 1.62. The minimum absolute atomic E-state index is 0.129. The fourth-order valence-electron chi connectivity index (χ4n) is 4.19. The molecule has 3 saturated heterocycles. The first kappa shape index (κ1) is 17.6. The highest BCUT2D eigenvalue weighted by molar-refractivity contribution is 7.09. The highest BCUT2D eigenvalue weighted by Gasteiger charge is 2.37. The number of fused-ring (bicyclic) bond motifs is 4. The van der Waals surface area contributed by atoms with Gasteiger partial charge in [0.25, 0.3) is 5.91 Å². The molecule has 26 heavy (non-hydrogen) atoms. The lowest BCUT2D eigenvalue weighted by molar-refractivity contribution is 0.0579. The van der Waals surface area contributed by atoms with E-state index < -0.39 is 0 Å². The lowest BCUT2D eigenvalue weighted by Gasteiger charge is -2.35. The van der Waals surface area contributed by atoms with Gasteiger partial charge < -0.3 is 4.90 Å². The van der Waals surface area contributed by atoms with Gasteiger partial charge in [-0.05, 0) is 49.3 Å². The van der Waals surface area contributed by atoms with Crippen molar-refractivity contribution in [2.24, 2.45) is 5.92 Å². The van der Waals surface area contributed by atoms with E-state index in [1.807, 2.05) is 17.8 Å². The van der Waals surface area contributed by atoms with Crippen LogP contribution in [-0.2, 0) is 13.0 Å². The number of piperidine rings is 1. The van der Waals surface area contributed by atoms with Crippen molar-refractivity contribution in [3.63, 3.8) is 0 Å². The van der Waals surface area contributed by atoms with Gasteiger partial charge in [0, 0.05) is 50.0 Å². The second-order valence-corrected chi connectivity index (χ2v) is 8.42. The van der Waals surface area contributed by atoms with Gasteiger partial charge >= 0.3 is 0 Å². The van der Waals surface area contributed by atoms with Crippen LogP contribution in [0.5, 0.6) is 0 Å². The number of rotatable bonds is 5. The molecular weight excluding hydrogens is 344 g/mol. The lowest BCUT2D eigenvalue weighted by Crippen LogP contribution is -2.47. The summed E-state index contributed by atoms with van der Waals surface area (Å²) in [5.41, 5.74) is 1.94. The van der Waals surface area contributed by atoms with E-state index in [4.69, 9.17) is 0 Å². The summed E-state index contributed by atoms with van der Waals surface area (Å²) in [6, 6.07) is 4.47. The SMILES string of the molecule is CCCc1nc(C(=O)N2C[C@H]3CC[C@@H]2CN(Cc2ccncc2)C3)cs1. The Labute approximate surface area is 159 Å². The van der Waals surface area contributed by atoms with Crippen LogP contribution in [-0.4, -0.2) is 51.4 Å². The summed E-state index contributed by atoms with van der Waals surface area (Å²) in [7, 11) is 0. The minimum Gasteiger partial charge on any atom is -0.333 e. The van der Waals surface area contributed by atoms with Crippen molar-refractivity contribution in [1.82, 2.24) is 19.8 Å². The third kappa shape index (κ3) is 3.81. The third-order valence-electron chi connectivity index (χ3n) is 5.44. The van der Waals surface area contributed by atoms with E-state index in [1.165, 1.54) is 12.0 Å². The number of pyridine rings is 1. The van der Waals surface area contributed by atoms with E-state index in [9.17, 15) is 4.79 Å².